The van der Waals surface area contributed by atoms with Crippen molar-refractivity contribution in [2.45, 2.75) is 71.1 Å². The monoisotopic (exact) mass is 279 g/mol. The molecule has 0 aromatic carbocycles. The molecule has 2 nitrogen and oxygen atoms in total. The molecule has 0 unspecified atom stereocenters. The van der Waals surface area contributed by atoms with Crippen molar-refractivity contribution >= 4 is 0 Å². The highest BCUT2D eigenvalue weighted by Crippen LogP contribution is 2.10. The van der Waals surface area contributed by atoms with E-state index in [2.05, 4.69) is 16.7 Å². The Morgan fingerprint density at radius 3 is 2.35 bits per heavy atom. The summed E-state index contributed by atoms with van der Waals surface area (Å²) in [6, 6.07) is 0. The number of ether oxygens (including phenoxy) is 1. The highest BCUT2D eigenvalue weighted by atomic mass is 16.5. The normalized spacial score (nSPS) is 15.8. The quantitative estimate of drug-likeness (QED) is 0.414. The van der Waals surface area contributed by atoms with Gasteiger partial charge in [-0.15, -0.1) is 11.8 Å². The lowest BCUT2D eigenvalue weighted by Crippen LogP contribution is -2.30. The van der Waals surface area contributed by atoms with Crippen molar-refractivity contribution in [1.29, 1.82) is 0 Å². The molecule has 116 valence electrons. The van der Waals surface area contributed by atoms with E-state index in [0.717, 1.165) is 26.1 Å². The third-order valence-corrected chi connectivity index (χ3v) is 3.98. The fourth-order valence-electron chi connectivity index (χ4n) is 2.74. The van der Waals surface area contributed by atoms with E-state index < -0.39 is 0 Å². The van der Waals surface area contributed by atoms with Crippen LogP contribution < -0.4 is 0 Å². The molecule has 0 saturated carbocycles. The minimum absolute atomic E-state index is 0.879. The van der Waals surface area contributed by atoms with Crippen LogP contribution in [0.15, 0.2) is 0 Å². The van der Waals surface area contributed by atoms with E-state index in [1.54, 1.807) is 0 Å². The topological polar surface area (TPSA) is 12.5 Å². The molecule has 0 radical (unpaired) electrons. The highest BCUT2D eigenvalue weighted by Gasteiger charge is 2.08. The molecule has 0 atom stereocenters. The fourth-order valence-corrected chi connectivity index (χ4v) is 2.74. The Kier molecular flexibility index (Phi) is 11.8. The van der Waals surface area contributed by atoms with Gasteiger partial charge in [-0.1, -0.05) is 25.7 Å². The van der Waals surface area contributed by atoms with Crippen LogP contribution in [0, 0.1) is 11.8 Å². The number of piperidine rings is 1. The molecule has 0 spiro atoms. The van der Waals surface area contributed by atoms with Gasteiger partial charge in [-0.2, -0.15) is 0 Å². The first-order valence-corrected chi connectivity index (χ1v) is 8.63. The predicted molar refractivity (Wildman–Crippen MR) is 86.9 cm³/mol. The van der Waals surface area contributed by atoms with E-state index in [9.17, 15) is 0 Å². The Morgan fingerprint density at radius 1 is 0.850 bits per heavy atom. The van der Waals surface area contributed by atoms with Gasteiger partial charge in [0.2, 0.25) is 0 Å². The summed E-state index contributed by atoms with van der Waals surface area (Å²) in [6.45, 7) is 7.73. The van der Waals surface area contributed by atoms with Crippen molar-refractivity contribution in [3.8, 4) is 11.8 Å². The zero-order chi connectivity index (χ0) is 14.3. The van der Waals surface area contributed by atoms with E-state index >= 15 is 0 Å². The maximum Gasteiger partial charge on any atom is 0.0475 e. The molecular formula is C18H33NO. The number of hydrogen-bond donors (Lipinski definition) is 0. The molecule has 0 aromatic heterocycles. The molecule has 1 aliphatic rings. The van der Waals surface area contributed by atoms with Crippen LogP contribution in [0.1, 0.15) is 71.1 Å². The minimum Gasteiger partial charge on any atom is -0.381 e. The lowest BCUT2D eigenvalue weighted by atomic mass is 10.1. The first-order valence-electron chi connectivity index (χ1n) is 8.63. The number of hydrogen-bond acceptors (Lipinski definition) is 2. The fraction of sp³-hybridized carbons (Fsp3) is 0.889. The van der Waals surface area contributed by atoms with Crippen LogP contribution in [0.2, 0.25) is 0 Å². The van der Waals surface area contributed by atoms with Crippen LogP contribution in [-0.4, -0.2) is 37.7 Å². The summed E-state index contributed by atoms with van der Waals surface area (Å²) in [6.07, 6.45) is 13.0. The van der Waals surface area contributed by atoms with Crippen LogP contribution in [0.25, 0.3) is 0 Å². The molecule has 0 amide bonds. The summed E-state index contributed by atoms with van der Waals surface area (Å²) in [5.74, 6) is 5.98. The minimum atomic E-state index is 0.879. The van der Waals surface area contributed by atoms with Crippen molar-refractivity contribution in [1.82, 2.24) is 4.90 Å². The first kappa shape index (κ1) is 17.5. The van der Waals surface area contributed by atoms with Crippen LogP contribution in [0.4, 0.5) is 0 Å². The maximum absolute atomic E-state index is 5.61. The second-order valence-electron chi connectivity index (χ2n) is 5.81. The van der Waals surface area contributed by atoms with Crippen LogP contribution in [0.3, 0.4) is 0 Å². The van der Waals surface area contributed by atoms with E-state index in [4.69, 9.17) is 4.74 Å². The van der Waals surface area contributed by atoms with Crippen LogP contribution in [0.5, 0.6) is 0 Å². The molecule has 0 aromatic rings. The number of likely N-dealkylation sites (tertiary alicyclic amines) is 1. The lowest BCUT2D eigenvalue weighted by Gasteiger charge is -2.26. The van der Waals surface area contributed by atoms with E-state index in [0.29, 0.717) is 0 Å². The van der Waals surface area contributed by atoms with E-state index in [1.807, 2.05) is 6.92 Å². The molecule has 1 fully saturated rings. The van der Waals surface area contributed by atoms with Gasteiger partial charge in [0.05, 0.1) is 0 Å². The third-order valence-electron chi connectivity index (χ3n) is 3.98. The van der Waals surface area contributed by atoms with Gasteiger partial charge in [-0.3, -0.25) is 0 Å². The smallest absolute Gasteiger partial charge is 0.0475 e. The van der Waals surface area contributed by atoms with Crippen molar-refractivity contribution in [3.05, 3.63) is 0 Å². The molecule has 1 aliphatic heterocycles. The van der Waals surface area contributed by atoms with Crippen molar-refractivity contribution in [3.63, 3.8) is 0 Å². The largest absolute Gasteiger partial charge is 0.381 e. The van der Waals surface area contributed by atoms with Gasteiger partial charge in [0.15, 0.2) is 0 Å². The Hall–Kier alpha value is -0.520. The first-order chi connectivity index (χ1) is 9.93. The SMILES string of the molecule is CC#CCCCOCCCCCCCN1CCCCC1. The van der Waals surface area contributed by atoms with Crippen molar-refractivity contribution in [2.24, 2.45) is 0 Å². The zero-order valence-electron chi connectivity index (χ0n) is 13.5. The van der Waals surface area contributed by atoms with Gasteiger partial charge in [0.25, 0.3) is 0 Å². The van der Waals surface area contributed by atoms with Gasteiger partial charge >= 0.3 is 0 Å². The Labute approximate surface area is 126 Å². The van der Waals surface area contributed by atoms with Gasteiger partial charge < -0.3 is 9.64 Å². The Balaban J connectivity index is 1.72. The number of unbranched alkanes of at least 4 members (excludes halogenated alkanes) is 5. The summed E-state index contributed by atoms with van der Waals surface area (Å²) in [5, 5.41) is 0. The van der Waals surface area contributed by atoms with E-state index in [-0.39, 0.29) is 0 Å². The summed E-state index contributed by atoms with van der Waals surface area (Å²) in [7, 11) is 0. The van der Waals surface area contributed by atoms with E-state index in [1.165, 1.54) is 71.0 Å². The van der Waals surface area contributed by atoms with Gasteiger partial charge in [-0.05, 0) is 58.7 Å². The molecule has 20 heavy (non-hydrogen) atoms. The average molecular weight is 279 g/mol. The van der Waals surface area contributed by atoms with Gasteiger partial charge in [-0.25, -0.2) is 0 Å². The maximum atomic E-state index is 5.61. The van der Waals surface area contributed by atoms with Crippen LogP contribution in [-0.2, 0) is 4.74 Å². The Bertz CT molecular complexity index is 260. The summed E-state index contributed by atoms with van der Waals surface area (Å²) >= 11 is 0. The number of nitrogens with zero attached hydrogens (tertiary/aromatic N) is 1. The van der Waals surface area contributed by atoms with Gasteiger partial charge in [0, 0.05) is 19.6 Å². The predicted octanol–water partition coefficient (Wildman–Crippen LogP) is 4.24. The summed E-state index contributed by atoms with van der Waals surface area (Å²) in [5.41, 5.74) is 0. The molecular weight excluding hydrogens is 246 g/mol. The zero-order valence-corrected chi connectivity index (χ0v) is 13.5. The Morgan fingerprint density at radius 2 is 1.55 bits per heavy atom. The molecule has 1 saturated heterocycles. The third kappa shape index (κ3) is 10.3. The molecule has 1 heterocycles. The molecule has 2 heteroatoms. The van der Waals surface area contributed by atoms with Crippen molar-refractivity contribution in [2.75, 3.05) is 32.8 Å². The van der Waals surface area contributed by atoms with Crippen LogP contribution >= 0.6 is 0 Å². The summed E-state index contributed by atoms with van der Waals surface area (Å²) in [4.78, 5) is 2.64. The number of rotatable bonds is 11. The summed E-state index contributed by atoms with van der Waals surface area (Å²) < 4.78 is 5.61. The molecule has 0 N–H and O–H groups in total. The molecule has 0 aliphatic carbocycles. The van der Waals surface area contributed by atoms with Crippen molar-refractivity contribution < 1.29 is 4.74 Å². The standard InChI is InChI=1S/C18H33NO/c1-2-3-4-12-17-20-18-13-7-5-6-9-14-19-15-10-8-11-16-19/h4-18H2,1H3. The molecule has 0 bridgehead atoms. The van der Waals surface area contributed by atoms with Gasteiger partial charge in [0.1, 0.15) is 0 Å². The molecule has 1 rings (SSSR count). The second-order valence-corrected chi connectivity index (χ2v) is 5.81. The average Bonchev–Trinajstić information content (AvgIpc) is 2.49. The highest BCUT2D eigenvalue weighted by molar-refractivity contribution is 4.94. The second kappa shape index (κ2) is 13.5. The lowest BCUT2D eigenvalue weighted by molar-refractivity contribution is 0.128.